The van der Waals surface area contributed by atoms with Crippen molar-refractivity contribution < 1.29 is 29.0 Å². The Morgan fingerprint density at radius 3 is 1.61 bits per heavy atom. The maximum atomic E-state index is 13.5. The van der Waals surface area contributed by atoms with Crippen LogP contribution in [0.25, 0.3) is 30.9 Å². The molecular formula is C35H44N8O6S2. The molecule has 51 heavy (non-hydrogen) atoms. The fourth-order valence-corrected chi connectivity index (χ4v) is 8.84. The Morgan fingerprint density at radius 1 is 0.765 bits per heavy atom. The van der Waals surface area contributed by atoms with Crippen molar-refractivity contribution in [1.29, 1.82) is 0 Å². The van der Waals surface area contributed by atoms with Crippen molar-refractivity contribution >= 4 is 46.7 Å². The van der Waals surface area contributed by atoms with E-state index in [9.17, 15) is 24.3 Å². The van der Waals surface area contributed by atoms with E-state index in [2.05, 4.69) is 32.7 Å². The minimum atomic E-state index is -1.21. The van der Waals surface area contributed by atoms with E-state index in [1.807, 2.05) is 52.2 Å². The molecule has 4 aromatic heterocycles. The highest BCUT2D eigenvalue weighted by atomic mass is 32.1. The molecule has 6 rings (SSSR count). The number of alkyl carbamates (subject to hydrolysis) is 1. The van der Waals surface area contributed by atoms with Crippen molar-refractivity contribution in [2.45, 2.75) is 77.5 Å². The zero-order valence-corrected chi connectivity index (χ0v) is 30.9. The normalized spacial score (nSPS) is 18.7. The predicted molar refractivity (Wildman–Crippen MR) is 194 cm³/mol. The second-order valence-corrected chi connectivity index (χ2v) is 15.7. The van der Waals surface area contributed by atoms with Crippen LogP contribution in [0, 0.1) is 11.8 Å². The SMILES string of the molecule is COC(=O)N[C@H](C(=O)N1CCC[C@H]1c1nc(-c2ccc(-c3ccc(-c4c[nH]c([C@@H]5CCCN5C(=O)[C@@H](NC(=O)O)C(C)C)n4)s3)s2)c[nH]1)C(C)C. The highest BCUT2D eigenvalue weighted by molar-refractivity contribution is 7.25. The number of carboxylic acid groups (broad SMARTS) is 1. The number of rotatable bonds is 11. The van der Waals surface area contributed by atoms with Crippen molar-refractivity contribution in [3.63, 3.8) is 0 Å². The fraction of sp³-hybridized carbons (Fsp3) is 0.486. The van der Waals surface area contributed by atoms with Gasteiger partial charge in [-0.2, -0.15) is 0 Å². The molecule has 4 amide bonds. The van der Waals surface area contributed by atoms with E-state index in [4.69, 9.17) is 14.7 Å². The summed E-state index contributed by atoms with van der Waals surface area (Å²) in [5.74, 6) is 0.744. The number of nitrogens with zero attached hydrogens (tertiary/aromatic N) is 4. The van der Waals surface area contributed by atoms with Gasteiger partial charge in [-0.15, -0.1) is 22.7 Å². The Balaban J connectivity index is 1.13. The number of imidazole rings is 2. The fourth-order valence-electron chi connectivity index (χ4n) is 6.82. The number of carbonyl (C=O) groups is 4. The first-order valence-corrected chi connectivity index (χ1v) is 18.8. The van der Waals surface area contributed by atoms with Gasteiger partial charge in [0, 0.05) is 35.2 Å². The predicted octanol–water partition coefficient (Wildman–Crippen LogP) is 6.26. The van der Waals surface area contributed by atoms with Gasteiger partial charge in [0.05, 0.1) is 40.3 Å². The monoisotopic (exact) mass is 736 g/mol. The third-order valence-electron chi connectivity index (χ3n) is 9.46. The minimum Gasteiger partial charge on any atom is -0.465 e. The van der Waals surface area contributed by atoms with Gasteiger partial charge in [0.15, 0.2) is 0 Å². The smallest absolute Gasteiger partial charge is 0.407 e. The van der Waals surface area contributed by atoms with Gasteiger partial charge in [0.2, 0.25) is 11.8 Å². The van der Waals surface area contributed by atoms with E-state index in [1.165, 1.54) is 7.11 Å². The van der Waals surface area contributed by atoms with E-state index in [0.717, 1.165) is 62.4 Å². The number of H-pyrrole nitrogens is 2. The summed E-state index contributed by atoms with van der Waals surface area (Å²) in [6.07, 6.45) is 5.08. The van der Waals surface area contributed by atoms with Crippen LogP contribution in [0.2, 0.25) is 0 Å². The van der Waals surface area contributed by atoms with E-state index in [0.29, 0.717) is 18.9 Å². The number of ether oxygens (including phenoxy) is 1. The third-order valence-corrected chi connectivity index (χ3v) is 11.9. The van der Waals surface area contributed by atoms with Gasteiger partial charge in [0.1, 0.15) is 23.7 Å². The van der Waals surface area contributed by atoms with Gasteiger partial charge >= 0.3 is 12.2 Å². The lowest BCUT2D eigenvalue weighted by Crippen LogP contribution is -2.51. The molecule has 0 aromatic carbocycles. The summed E-state index contributed by atoms with van der Waals surface area (Å²) in [6, 6.07) is 6.28. The quantitative estimate of drug-likeness (QED) is 0.119. The molecule has 14 nitrogen and oxygen atoms in total. The molecule has 0 radical (unpaired) electrons. The zero-order valence-electron chi connectivity index (χ0n) is 29.3. The van der Waals surface area contributed by atoms with Crippen LogP contribution in [0.1, 0.15) is 77.1 Å². The third kappa shape index (κ3) is 7.66. The van der Waals surface area contributed by atoms with Crippen molar-refractivity contribution in [2.75, 3.05) is 20.2 Å². The number of likely N-dealkylation sites (tertiary alicyclic amines) is 2. The molecule has 0 spiro atoms. The van der Waals surface area contributed by atoms with Crippen LogP contribution in [0.3, 0.4) is 0 Å². The van der Waals surface area contributed by atoms with Crippen LogP contribution in [0.5, 0.6) is 0 Å². The Morgan fingerprint density at radius 2 is 1.20 bits per heavy atom. The Labute approximate surface area is 304 Å². The molecule has 4 aromatic rings. The highest BCUT2D eigenvalue weighted by Crippen LogP contribution is 2.41. The van der Waals surface area contributed by atoms with Crippen molar-refractivity contribution in [3.8, 4) is 30.9 Å². The number of hydrogen-bond donors (Lipinski definition) is 5. The summed E-state index contributed by atoms with van der Waals surface area (Å²) in [5.41, 5.74) is 1.59. The lowest BCUT2D eigenvalue weighted by Gasteiger charge is -2.29. The molecule has 0 unspecified atom stereocenters. The first kappa shape index (κ1) is 36.1. The lowest BCUT2D eigenvalue weighted by molar-refractivity contribution is -0.136. The van der Waals surface area contributed by atoms with Gasteiger partial charge < -0.3 is 40.2 Å². The molecule has 2 aliphatic rings. The Hall–Kier alpha value is -4.70. The molecule has 2 aliphatic heterocycles. The van der Waals surface area contributed by atoms with Crippen molar-refractivity contribution in [1.82, 2.24) is 40.4 Å². The van der Waals surface area contributed by atoms with Crippen LogP contribution in [0.4, 0.5) is 9.59 Å². The van der Waals surface area contributed by atoms with Crippen molar-refractivity contribution in [3.05, 3.63) is 48.3 Å². The maximum Gasteiger partial charge on any atom is 0.407 e. The largest absolute Gasteiger partial charge is 0.465 e. The van der Waals surface area contributed by atoms with Crippen LogP contribution in [-0.2, 0) is 14.3 Å². The molecule has 0 saturated carbocycles. The summed E-state index contributed by atoms with van der Waals surface area (Å²) in [5, 5.41) is 14.3. The minimum absolute atomic E-state index is 0.108. The van der Waals surface area contributed by atoms with Crippen LogP contribution < -0.4 is 10.6 Å². The molecule has 4 atom stereocenters. The Bertz CT molecular complexity index is 1880. The number of aromatic amines is 2. The first-order chi connectivity index (χ1) is 24.4. The molecular weight excluding hydrogens is 693 g/mol. The summed E-state index contributed by atoms with van der Waals surface area (Å²) < 4.78 is 4.75. The highest BCUT2D eigenvalue weighted by Gasteiger charge is 2.39. The van der Waals surface area contributed by atoms with E-state index in [-0.39, 0.29) is 35.7 Å². The number of thiophene rings is 2. The standard InChI is InChI=1S/C35H44N8O6S2/c1-18(2)28(40-34(46)47)32(44)42-14-6-8-22(42)30-36-16-20(38-30)24-10-12-26(50-24)27-13-11-25(51-27)21-17-37-31(39-21)23-9-7-15-43(23)33(45)29(19(3)4)41-35(48)49-5/h10-13,16-19,22-23,28-29,40H,6-9,14-15H2,1-5H3,(H,36,38)(H,37,39)(H,41,48)(H,46,47)/t22-,23-,28-,29-/m0/s1. The molecule has 2 fully saturated rings. The number of methoxy groups -OCH3 is 1. The van der Waals surface area contributed by atoms with E-state index in [1.54, 1.807) is 32.5 Å². The van der Waals surface area contributed by atoms with Gasteiger partial charge in [-0.3, -0.25) is 9.59 Å². The zero-order chi connectivity index (χ0) is 36.4. The summed E-state index contributed by atoms with van der Waals surface area (Å²) in [7, 11) is 1.29. The molecule has 16 heteroatoms. The topological polar surface area (TPSA) is 186 Å². The first-order valence-electron chi connectivity index (χ1n) is 17.2. The lowest BCUT2D eigenvalue weighted by atomic mass is 10.0. The second-order valence-electron chi connectivity index (χ2n) is 13.6. The second kappa shape index (κ2) is 15.3. The molecule has 0 bridgehead atoms. The van der Waals surface area contributed by atoms with Crippen LogP contribution in [0.15, 0.2) is 36.7 Å². The molecule has 5 N–H and O–H groups in total. The maximum absolute atomic E-state index is 13.5. The average Bonchev–Trinajstić information content (AvgIpc) is 3.93. The van der Waals surface area contributed by atoms with E-state index >= 15 is 0 Å². The Kier molecular flexibility index (Phi) is 10.8. The number of hydrogen-bond acceptors (Lipinski definition) is 9. The van der Waals surface area contributed by atoms with Gasteiger partial charge in [0.25, 0.3) is 0 Å². The summed E-state index contributed by atoms with van der Waals surface area (Å²) in [6.45, 7) is 8.59. The van der Waals surface area contributed by atoms with Gasteiger partial charge in [-0.1, -0.05) is 27.7 Å². The van der Waals surface area contributed by atoms with Gasteiger partial charge in [-0.05, 0) is 61.8 Å². The van der Waals surface area contributed by atoms with Crippen LogP contribution in [-0.4, -0.2) is 91.1 Å². The molecule has 2 saturated heterocycles. The molecule has 272 valence electrons. The summed E-state index contributed by atoms with van der Waals surface area (Å²) in [4.78, 5) is 74.2. The van der Waals surface area contributed by atoms with E-state index < -0.39 is 24.3 Å². The van der Waals surface area contributed by atoms with Gasteiger partial charge in [-0.25, -0.2) is 19.6 Å². The van der Waals surface area contributed by atoms with Crippen LogP contribution >= 0.6 is 22.7 Å². The number of nitrogens with one attached hydrogen (secondary N) is 4. The number of carbonyl (C=O) groups excluding carboxylic acids is 3. The molecule has 0 aliphatic carbocycles. The number of aromatic nitrogens is 4. The number of amides is 4. The summed E-state index contributed by atoms with van der Waals surface area (Å²) >= 11 is 3.26. The average molecular weight is 737 g/mol. The molecule has 6 heterocycles. The van der Waals surface area contributed by atoms with Crippen molar-refractivity contribution in [2.24, 2.45) is 11.8 Å².